The van der Waals surface area contributed by atoms with E-state index < -0.39 is 54.9 Å². The minimum absolute atomic E-state index is 0.0333. The lowest BCUT2D eigenvalue weighted by Crippen LogP contribution is -2.64. The summed E-state index contributed by atoms with van der Waals surface area (Å²) in [5.74, 6) is -1.40. The molecule has 3 rings (SSSR count). The van der Waals surface area contributed by atoms with Crippen molar-refractivity contribution in [1.29, 1.82) is 0 Å². The van der Waals surface area contributed by atoms with Crippen LogP contribution < -0.4 is 5.32 Å². The van der Waals surface area contributed by atoms with Crippen LogP contribution in [0.15, 0.2) is 34.7 Å². The standard InChI is InChI=1S/C18H17ClF3NO7/c19-9-2-1-7(18(20,21)22)5-8(9)10-3-4-11(29-10)16(27)23-13-15(26)14(25)12(6-24)30-17(13)28/h1-5,12-15,17,24-26,28H,6H2,(H,23,27)/t12-,13-,14-,15-,17-/m1/s1. The van der Waals surface area contributed by atoms with Crippen molar-refractivity contribution in [3.05, 3.63) is 46.7 Å². The van der Waals surface area contributed by atoms with E-state index in [-0.39, 0.29) is 22.1 Å². The first kappa shape index (κ1) is 22.5. The minimum atomic E-state index is -4.60. The lowest BCUT2D eigenvalue weighted by molar-refractivity contribution is -0.252. The Morgan fingerprint density at radius 3 is 2.47 bits per heavy atom. The third-order valence-electron chi connectivity index (χ3n) is 4.59. The van der Waals surface area contributed by atoms with Crippen LogP contribution in [-0.2, 0) is 10.9 Å². The number of alkyl halides is 3. The summed E-state index contributed by atoms with van der Waals surface area (Å²) in [6.07, 6.45) is -10.8. The van der Waals surface area contributed by atoms with Gasteiger partial charge in [0, 0.05) is 5.56 Å². The SMILES string of the molecule is O=C(N[C@@H]1[C@@H](O)[C@H](O)[C@@H](CO)O[C@H]1O)c1ccc(-c2cc(C(F)(F)F)ccc2Cl)o1. The molecule has 1 amide bonds. The van der Waals surface area contributed by atoms with Gasteiger partial charge in [0.05, 0.1) is 17.2 Å². The number of halogens is 4. The first-order valence-electron chi connectivity index (χ1n) is 8.61. The van der Waals surface area contributed by atoms with Gasteiger partial charge in [0.1, 0.15) is 30.1 Å². The van der Waals surface area contributed by atoms with E-state index >= 15 is 0 Å². The second-order valence-electron chi connectivity index (χ2n) is 6.58. The molecule has 1 aliphatic rings. The van der Waals surface area contributed by atoms with Crippen molar-refractivity contribution in [2.45, 2.75) is 36.8 Å². The summed E-state index contributed by atoms with van der Waals surface area (Å²) in [7, 11) is 0. The Morgan fingerprint density at radius 2 is 1.83 bits per heavy atom. The molecule has 30 heavy (non-hydrogen) atoms. The Balaban J connectivity index is 1.79. The molecule has 1 aromatic carbocycles. The number of rotatable bonds is 4. The van der Waals surface area contributed by atoms with Gasteiger partial charge in [0.15, 0.2) is 12.1 Å². The van der Waals surface area contributed by atoms with E-state index in [0.29, 0.717) is 0 Å². The van der Waals surface area contributed by atoms with Gasteiger partial charge in [-0.3, -0.25) is 4.79 Å². The van der Waals surface area contributed by atoms with Crippen molar-refractivity contribution in [2.75, 3.05) is 6.61 Å². The molecule has 12 heteroatoms. The van der Waals surface area contributed by atoms with Gasteiger partial charge in [0.25, 0.3) is 5.91 Å². The van der Waals surface area contributed by atoms with Gasteiger partial charge >= 0.3 is 6.18 Å². The van der Waals surface area contributed by atoms with Crippen LogP contribution in [0.4, 0.5) is 13.2 Å². The van der Waals surface area contributed by atoms with E-state index in [1.54, 1.807) is 0 Å². The number of carbonyl (C=O) groups is 1. The van der Waals surface area contributed by atoms with Gasteiger partial charge in [-0.1, -0.05) is 11.6 Å². The molecule has 5 atom stereocenters. The molecular formula is C18H17ClF3NO7. The number of aliphatic hydroxyl groups is 4. The number of amides is 1. The van der Waals surface area contributed by atoms with Crippen molar-refractivity contribution in [3.63, 3.8) is 0 Å². The molecule has 5 N–H and O–H groups in total. The molecule has 0 bridgehead atoms. The number of nitrogens with one attached hydrogen (secondary N) is 1. The number of ether oxygens (including phenoxy) is 1. The molecule has 1 aromatic heterocycles. The highest BCUT2D eigenvalue weighted by Gasteiger charge is 2.44. The minimum Gasteiger partial charge on any atom is -0.451 e. The quantitative estimate of drug-likeness (QED) is 0.471. The Morgan fingerprint density at radius 1 is 1.13 bits per heavy atom. The average molecular weight is 452 g/mol. The fourth-order valence-corrected chi connectivity index (χ4v) is 3.18. The summed E-state index contributed by atoms with van der Waals surface area (Å²) < 4.78 is 49.0. The maximum atomic E-state index is 12.9. The highest BCUT2D eigenvalue weighted by atomic mass is 35.5. The summed E-state index contributed by atoms with van der Waals surface area (Å²) in [4.78, 5) is 12.4. The van der Waals surface area contributed by atoms with E-state index in [4.69, 9.17) is 25.9 Å². The van der Waals surface area contributed by atoms with E-state index in [0.717, 1.165) is 24.3 Å². The second-order valence-corrected chi connectivity index (χ2v) is 6.99. The highest BCUT2D eigenvalue weighted by molar-refractivity contribution is 6.33. The molecule has 0 spiro atoms. The van der Waals surface area contributed by atoms with Crippen molar-refractivity contribution in [3.8, 4) is 11.3 Å². The van der Waals surface area contributed by atoms with Gasteiger partial charge in [-0.15, -0.1) is 0 Å². The molecule has 2 aromatic rings. The van der Waals surface area contributed by atoms with Crippen LogP contribution in [0.2, 0.25) is 5.02 Å². The Hall–Kier alpha value is -2.15. The zero-order chi connectivity index (χ0) is 22.2. The first-order chi connectivity index (χ1) is 14.0. The monoisotopic (exact) mass is 451 g/mol. The summed E-state index contributed by atoms with van der Waals surface area (Å²) in [6, 6.07) is 3.57. The normalized spacial score (nSPS) is 27.1. The molecule has 1 aliphatic heterocycles. The number of benzene rings is 1. The van der Waals surface area contributed by atoms with Gasteiger partial charge < -0.3 is 34.9 Å². The largest absolute Gasteiger partial charge is 0.451 e. The van der Waals surface area contributed by atoms with Crippen molar-refractivity contribution < 1.29 is 47.5 Å². The molecule has 0 unspecified atom stereocenters. The van der Waals surface area contributed by atoms with E-state index in [9.17, 15) is 33.3 Å². The van der Waals surface area contributed by atoms with Crippen LogP contribution in [0.5, 0.6) is 0 Å². The molecule has 0 saturated carbocycles. The topological polar surface area (TPSA) is 132 Å². The van der Waals surface area contributed by atoms with Crippen LogP contribution in [0, 0.1) is 0 Å². The van der Waals surface area contributed by atoms with Gasteiger partial charge in [-0.05, 0) is 30.3 Å². The number of hydrogen-bond donors (Lipinski definition) is 5. The van der Waals surface area contributed by atoms with E-state index in [1.165, 1.54) is 6.07 Å². The molecule has 1 saturated heterocycles. The smallest absolute Gasteiger partial charge is 0.416 e. The Bertz CT molecular complexity index is 919. The lowest BCUT2D eigenvalue weighted by atomic mass is 9.97. The van der Waals surface area contributed by atoms with Crippen molar-refractivity contribution in [2.24, 2.45) is 0 Å². The first-order valence-corrected chi connectivity index (χ1v) is 8.99. The number of hydrogen-bond acceptors (Lipinski definition) is 7. The average Bonchev–Trinajstić information content (AvgIpc) is 3.17. The number of furan rings is 1. The molecule has 2 heterocycles. The molecule has 0 aliphatic carbocycles. The molecule has 8 nitrogen and oxygen atoms in total. The van der Waals surface area contributed by atoms with Crippen LogP contribution in [0.25, 0.3) is 11.3 Å². The third-order valence-corrected chi connectivity index (χ3v) is 4.92. The third kappa shape index (κ3) is 4.46. The maximum absolute atomic E-state index is 12.9. The molecule has 1 fully saturated rings. The zero-order valence-corrected chi connectivity index (χ0v) is 15.8. The van der Waals surface area contributed by atoms with Gasteiger partial charge in [-0.2, -0.15) is 13.2 Å². The fraction of sp³-hybridized carbons (Fsp3) is 0.389. The van der Waals surface area contributed by atoms with Gasteiger partial charge in [-0.25, -0.2) is 0 Å². The summed E-state index contributed by atoms with van der Waals surface area (Å²) in [5, 5.41) is 41.1. The Kier molecular flexibility index (Phi) is 6.41. The van der Waals surface area contributed by atoms with Crippen molar-refractivity contribution >= 4 is 17.5 Å². The van der Waals surface area contributed by atoms with Crippen LogP contribution in [0.3, 0.4) is 0 Å². The number of carbonyl (C=O) groups excluding carboxylic acids is 1. The van der Waals surface area contributed by atoms with Crippen LogP contribution in [-0.4, -0.2) is 63.6 Å². The lowest BCUT2D eigenvalue weighted by Gasteiger charge is -2.40. The molecule has 164 valence electrons. The predicted molar refractivity (Wildman–Crippen MR) is 95.4 cm³/mol. The molecule has 0 radical (unpaired) electrons. The number of aliphatic hydroxyl groups excluding tert-OH is 4. The van der Waals surface area contributed by atoms with Crippen LogP contribution in [0.1, 0.15) is 16.1 Å². The maximum Gasteiger partial charge on any atom is 0.416 e. The molecular weight excluding hydrogens is 435 g/mol. The van der Waals surface area contributed by atoms with E-state index in [2.05, 4.69) is 5.32 Å². The highest BCUT2D eigenvalue weighted by Crippen LogP contribution is 2.36. The fourth-order valence-electron chi connectivity index (χ4n) is 2.97. The second kappa shape index (κ2) is 8.53. The summed E-state index contributed by atoms with van der Waals surface area (Å²) in [6.45, 7) is -0.671. The summed E-state index contributed by atoms with van der Waals surface area (Å²) >= 11 is 5.95. The predicted octanol–water partition coefficient (Wildman–Crippen LogP) is 1.15. The Labute approximate surface area is 172 Å². The van der Waals surface area contributed by atoms with Crippen LogP contribution >= 0.6 is 11.6 Å². The van der Waals surface area contributed by atoms with E-state index in [1.807, 2.05) is 0 Å². The van der Waals surface area contributed by atoms with Gasteiger partial charge in [0.2, 0.25) is 0 Å². The summed E-state index contributed by atoms with van der Waals surface area (Å²) in [5.41, 5.74) is -1.05. The van der Waals surface area contributed by atoms with Crippen molar-refractivity contribution in [1.82, 2.24) is 5.32 Å². The zero-order valence-electron chi connectivity index (χ0n) is 15.0.